The first-order chi connectivity index (χ1) is 5.22. The van der Waals surface area contributed by atoms with Gasteiger partial charge in [0, 0.05) is 13.1 Å². The number of carbonyl (C=O) groups is 1. The number of hydrogen-bond donors (Lipinski definition) is 1. The molecule has 0 saturated carbocycles. The van der Waals surface area contributed by atoms with Crippen molar-refractivity contribution >= 4 is 5.78 Å². The van der Waals surface area contributed by atoms with Crippen molar-refractivity contribution in [1.82, 2.24) is 4.90 Å². The molecule has 1 aliphatic heterocycles. The first-order valence-electron chi connectivity index (χ1n) is 4.10. The van der Waals surface area contributed by atoms with Crippen molar-refractivity contribution in [3.8, 4) is 0 Å². The zero-order chi connectivity index (χ0) is 8.27. The molecule has 11 heavy (non-hydrogen) atoms. The lowest BCUT2D eigenvalue weighted by Crippen LogP contribution is -2.42. The Morgan fingerprint density at radius 2 is 1.82 bits per heavy atom. The van der Waals surface area contributed by atoms with Gasteiger partial charge in [0.15, 0.2) is 11.9 Å². The van der Waals surface area contributed by atoms with E-state index in [9.17, 15) is 4.79 Å². The summed E-state index contributed by atoms with van der Waals surface area (Å²) in [5, 5.41) is 0. The third-order valence-corrected chi connectivity index (χ3v) is 2.06. The molecule has 3 nitrogen and oxygen atoms in total. The summed E-state index contributed by atoms with van der Waals surface area (Å²) in [4.78, 5) is 12.8. The van der Waals surface area contributed by atoms with Gasteiger partial charge in [-0.05, 0) is 19.8 Å². The van der Waals surface area contributed by atoms with E-state index in [2.05, 4.69) is 0 Å². The molecule has 3 heteroatoms. The molecule has 0 aromatic heterocycles. The van der Waals surface area contributed by atoms with Crippen molar-refractivity contribution in [3.63, 3.8) is 0 Å². The number of nitrogens with zero attached hydrogens (tertiary/aromatic N) is 1. The minimum atomic E-state index is -0.00750. The molecule has 1 radical (unpaired) electrons. The highest BCUT2D eigenvalue weighted by Gasteiger charge is 2.21. The normalized spacial score (nSPS) is 20.6. The number of piperidine rings is 1. The third kappa shape index (κ3) is 2.27. The summed E-state index contributed by atoms with van der Waals surface area (Å²) in [5.74, 6) is -0.00750. The maximum absolute atomic E-state index is 10.8. The van der Waals surface area contributed by atoms with Crippen LogP contribution in [0.2, 0.25) is 0 Å². The molecule has 2 N–H and O–H groups in total. The Labute approximate surface area is 67.5 Å². The Morgan fingerprint density at radius 1 is 1.27 bits per heavy atom. The highest BCUT2D eigenvalue weighted by atomic mass is 16.1. The Hall–Kier alpha value is -0.410. The molecule has 1 heterocycles. The van der Waals surface area contributed by atoms with Crippen molar-refractivity contribution in [2.45, 2.75) is 26.2 Å². The molecule has 1 fully saturated rings. The van der Waals surface area contributed by atoms with Crippen LogP contribution in [0.4, 0.5) is 0 Å². The molecule has 0 aromatic rings. The topological polar surface area (TPSA) is 46.3 Å². The van der Waals surface area contributed by atoms with E-state index in [1.165, 1.54) is 13.3 Å². The van der Waals surface area contributed by atoms with Gasteiger partial charge in [-0.2, -0.15) is 0 Å². The summed E-state index contributed by atoms with van der Waals surface area (Å²) in [5.41, 5.74) is 5.58. The van der Waals surface area contributed by atoms with E-state index >= 15 is 0 Å². The molecule has 0 aromatic carbocycles. The summed E-state index contributed by atoms with van der Waals surface area (Å²) >= 11 is 0. The van der Waals surface area contributed by atoms with Gasteiger partial charge >= 0.3 is 0 Å². The van der Waals surface area contributed by atoms with Crippen molar-refractivity contribution in [1.29, 1.82) is 0 Å². The van der Waals surface area contributed by atoms with Crippen LogP contribution in [0.1, 0.15) is 26.2 Å². The van der Waals surface area contributed by atoms with Gasteiger partial charge in [0.25, 0.3) is 0 Å². The molecule has 1 rings (SSSR count). The molecule has 0 aliphatic carbocycles. The number of rotatable bonds is 2. The summed E-state index contributed by atoms with van der Waals surface area (Å²) in [6.07, 6.45) is 4.02. The van der Waals surface area contributed by atoms with Gasteiger partial charge < -0.3 is 5.73 Å². The SMILES string of the molecule is CC(=O)[C](N)N1CCCCC1. The van der Waals surface area contributed by atoms with E-state index < -0.39 is 0 Å². The van der Waals surface area contributed by atoms with E-state index in [-0.39, 0.29) is 5.78 Å². The molecular weight excluding hydrogens is 140 g/mol. The second-order valence-electron chi connectivity index (χ2n) is 2.99. The predicted octanol–water partition coefficient (Wildman–Crippen LogP) is 0.509. The van der Waals surface area contributed by atoms with E-state index in [4.69, 9.17) is 5.73 Å². The van der Waals surface area contributed by atoms with Crippen LogP contribution in [-0.4, -0.2) is 23.8 Å². The average molecular weight is 155 g/mol. The van der Waals surface area contributed by atoms with Gasteiger partial charge in [0.05, 0.1) is 0 Å². The van der Waals surface area contributed by atoms with E-state index in [0.717, 1.165) is 25.9 Å². The smallest absolute Gasteiger partial charge is 0.168 e. The number of nitrogens with two attached hydrogens (primary N) is 1. The number of Topliss-reactive ketones (excluding diaryl/α,β-unsaturated/α-hetero) is 1. The van der Waals surface area contributed by atoms with Crippen LogP contribution in [0, 0.1) is 6.17 Å². The van der Waals surface area contributed by atoms with Crippen LogP contribution in [0.15, 0.2) is 0 Å². The highest BCUT2D eigenvalue weighted by molar-refractivity contribution is 5.88. The van der Waals surface area contributed by atoms with Gasteiger partial charge in [-0.25, -0.2) is 0 Å². The molecule has 0 bridgehead atoms. The molecule has 1 saturated heterocycles. The van der Waals surface area contributed by atoms with Gasteiger partial charge in [0.2, 0.25) is 0 Å². The molecule has 0 atom stereocenters. The Morgan fingerprint density at radius 3 is 2.27 bits per heavy atom. The quantitative estimate of drug-likeness (QED) is 0.632. The summed E-state index contributed by atoms with van der Waals surface area (Å²) < 4.78 is 0. The first kappa shape index (κ1) is 8.68. The number of hydrogen-bond acceptors (Lipinski definition) is 3. The van der Waals surface area contributed by atoms with Crippen molar-refractivity contribution < 1.29 is 4.79 Å². The lowest BCUT2D eigenvalue weighted by Gasteiger charge is -2.29. The largest absolute Gasteiger partial charge is 0.304 e. The zero-order valence-electron chi connectivity index (χ0n) is 6.97. The minimum absolute atomic E-state index is 0.00750. The molecule has 0 unspecified atom stereocenters. The third-order valence-electron chi connectivity index (χ3n) is 2.06. The van der Waals surface area contributed by atoms with Crippen LogP contribution in [0.5, 0.6) is 0 Å². The fourth-order valence-corrected chi connectivity index (χ4v) is 1.36. The number of likely N-dealkylation sites (tertiary alicyclic amines) is 1. The maximum atomic E-state index is 10.8. The van der Waals surface area contributed by atoms with Gasteiger partial charge in [-0.3, -0.25) is 9.69 Å². The summed E-state index contributed by atoms with van der Waals surface area (Å²) in [7, 11) is 0. The van der Waals surface area contributed by atoms with E-state index in [1.54, 1.807) is 0 Å². The number of carbonyl (C=O) groups excluding carboxylic acids is 1. The fourth-order valence-electron chi connectivity index (χ4n) is 1.36. The minimum Gasteiger partial charge on any atom is -0.304 e. The van der Waals surface area contributed by atoms with Crippen LogP contribution in [0.3, 0.4) is 0 Å². The van der Waals surface area contributed by atoms with Crippen LogP contribution in [0.25, 0.3) is 0 Å². The first-order valence-corrected chi connectivity index (χ1v) is 4.10. The predicted molar refractivity (Wildman–Crippen MR) is 43.5 cm³/mol. The lowest BCUT2D eigenvalue weighted by atomic mass is 10.1. The number of ketones is 1. The molecule has 1 aliphatic rings. The monoisotopic (exact) mass is 155 g/mol. The average Bonchev–Trinajstić information content (AvgIpc) is 2.05. The second kappa shape index (κ2) is 3.83. The Balaban J connectivity index is 2.38. The van der Waals surface area contributed by atoms with Crippen LogP contribution < -0.4 is 5.73 Å². The van der Waals surface area contributed by atoms with Crippen molar-refractivity contribution in [3.05, 3.63) is 6.17 Å². The fraction of sp³-hybridized carbons (Fsp3) is 0.750. The van der Waals surface area contributed by atoms with E-state index in [1.807, 2.05) is 4.90 Å². The van der Waals surface area contributed by atoms with Crippen molar-refractivity contribution in [2.75, 3.05) is 13.1 Å². The zero-order valence-corrected chi connectivity index (χ0v) is 6.97. The molecule has 0 amide bonds. The van der Waals surface area contributed by atoms with Gasteiger partial charge in [-0.15, -0.1) is 0 Å². The van der Waals surface area contributed by atoms with Crippen LogP contribution >= 0.6 is 0 Å². The van der Waals surface area contributed by atoms with E-state index in [0.29, 0.717) is 6.17 Å². The molecule has 63 valence electrons. The lowest BCUT2D eigenvalue weighted by molar-refractivity contribution is -0.117. The molecular formula is C8H15N2O. The van der Waals surface area contributed by atoms with Gasteiger partial charge in [0.1, 0.15) is 0 Å². The summed E-state index contributed by atoms with van der Waals surface area (Å²) in [6.45, 7) is 3.42. The molecule has 0 spiro atoms. The summed E-state index contributed by atoms with van der Waals surface area (Å²) in [6, 6.07) is 0. The van der Waals surface area contributed by atoms with Crippen molar-refractivity contribution in [2.24, 2.45) is 5.73 Å². The Kier molecular flexibility index (Phi) is 3.02. The maximum Gasteiger partial charge on any atom is 0.168 e. The standard InChI is InChI=1S/C8H15N2O/c1-7(11)8(9)10-5-3-2-4-6-10/h2-6,9H2,1H3. The highest BCUT2D eigenvalue weighted by Crippen LogP contribution is 2.13. The Bertz CT molecular complexity index is 141. The van der Waals surface area contributed by atoms with Crippen LogP contribution in [-0.2, 0) is 4.79 Å². The second-order valence-corrected chi connectivity index (χ2v) is 2.99. The van der Waals surface area contributed by atoms with Gasteiger partial charge in [-0.1, -0.05) is 6.42 Å².